The van der Waals surface area contributed by atoms with Gasteiger partial charge in [0, 0.05) is 12.0 Å². The average molecular weight is 197 g/mol. The molecule has 2 N–H and O–H groups in total. The molecule has 1 aromatic rings. The van der Waals surface area contributed by atoms with E-state index in [0.717, 1.165) is 6.07 Å². The summed E-state index contributed by atoms with van der Waals surface area (Å²) < 4.78 is 25.7. The fraction of sp³-hybridized carbons (Fsp3) is 0.300. The van der Waals surface area contributed by atoms with Gasteiger partial charge in [-0.1, -0.05) is 6.07 Å². The van der Waals surface area contributed by atoms with Crippen LogP contribution in [0.15, 0.2) is 18.2 Å². The topological polar surface area (TPSA) is 43.1 Å². The van der Waals surface area contributed by atoms with Gasteiger partial charge in [-0.15, -0.1) is 0 Å². The molecule has 1 fully saturated rings. The van der Waals surface area contributed by atoms with Gasteiger partial charge >= 0.3 is 0 Å². The molecule has 74 valence electrons. The molecule has 0 unspecified atom stereocenters. The summed E-state index contributed by atoms with van der Waals surface area (Å²) >= 11 is 0. The average Bonchev–Trinajstić information content (AvgIpc) is 2.83. The predicted molar refractivity (Wildman–Crippen MR) is 46.4 cm³/mol. The van der Waals surface area contributed by atoms with Crippen LogP contribution in [0.25, 0.3) is 0 Å². The molecule has 1 aromatic carbocycles. The van der Waals surface area contributed by atoms with E-state index in [4.69, 9.17) is 5.73 Å². The first-order valence-electron chi connectivity index (χ1n) is 4.34. The molecule has 2 nitrogen and oxygen atoms in total. The summed E-state index contributed by atoms with van der Waals surface area (Å²) in [6.07, 6.45) is 0.567. The van der Waals surface area contributed by atoms with E-state index in [1.54, 1.807) is 0 Å². The molecule has 0 spiro atoms. The van der Waals surface area contributed by atoms with Gasteiger partial charge in [0.25, 0.3) is 0 Å². The molecule has 1 saturated carbocycles. The largest absolute Gasteiger partial charge is 0.369 e. The molecule has 0 bridgehead atoms. The van der Waals surface area contributed by atoms with E-state index >= 15 is 0 Å². The summed E-state index contributed by atoms with van der Waals surface area (Å²) in [5.74, 6) is -2.07. The van der Waals surface area contributed by atoms with E-state index in [-0.39, 0.29) is 11.8 Å². The molecule has 1 aliphatic rings. The predicted octanol–water partition coefficient (Wildman–Crippen LogP) is 1.55. The molecule has 1 aliphatic carbocycles. The van der Waals surface area contributed by atoms with Crippen LogP contribution in [0.1, 0.15) is 17.9 Å². The third-order valence-corrected chi connectivity index (χ3v) is 2.52. The van der Waals surface area contributed by atoms with Crippen LogP contribution in [0, 0.1) is 17.6 Å². The summed E-state index contributed by atoms with van der Waals surface area (Å²) in [5, 5.41) is 0. The summed E-state index contributed by atoms with van der Waals surface area (Å²) in [6.45, 7) is 0. The highest BCUT2D eigenvalue weighted by Crippen LogP contribution is 2.47. The smallest absolute Gasteiger partial charge is 0.221 e. The third kappa shape index (κ3) is 1.47. The Morgan fingerprint density at radius 2 is 2.14 bits per heavy atom. The maximum Gasteiger partial charge on any atom is 0.221 e. The molecular weight excluding hydrogens is 188 g/mol. The van der Waals surface area contributed by atoms with Crippen molar-refractivity contribution in [2.24, 2.45) is 11.7 Å². The third-order valence-electron chi connectivity index (χ3n) is 2.52. The van der Waals surface area contributed by atoms with E-state index < -0.39 is 17.5 Å². The Morgan fingerprint density at radius 3 is 2.64 bits per heavy atom. The number of benzene rings is 1. The summed E-state index contributed by atoms with van der Waals surface area (Å²) in [4.78, 5) is 10.7. The number of nitrogens with two attached hydrogens (primary N) is 1. The summed E-state index contributed by atoms with van der Waals surface area (Å²) in [7, 11) is 0. The second-order valence-electron chi connectivity index (χ2n) is 3.52. The Morgan fingerprint density at radius 1 is 1.43 bits per heavy atom. The maximum absolute atomic E-state index is 13.2. The van der Waals surface area contributed by atoms with Gasteiger partial charge in [0.1, 0.15) is 11.6 Å². The summed E-state index contributed by atoms with van der Waals surface area (Å²) in [6, 6.07) is 3.39. The van der Waals surface area contributed by atoms with Gasteiger partial charge < -0.3 is 5.73 Å². The second-order valence-corrected chi connectivity index (χ2v) is 3.52. The zero-order valence-corrected chi connectivity index (χ0v) is 7.34. The number of halogens is 2. The molecule has 2 atom stereocenters. The molecule has 0 radical (unpaired) electrons. The van der Waals surface area contributed by atoms with Crippen molar-refractivity contribution in [3.8, 4) is 0 Å². The van der Waals surface area contributed by atoms with Crippen LogP contribution in [-0.2, 0) is 4.79 Å². The lowest BCUT2D eigenvalue weighted by atomic mass is 10.1. The lowest BCUT2D eigenvalue weighted by Gasteiger charge is -2.00. The van der Waals surface area contributed by atoms with Crippen molar-refractivity contribution in [3.63, 3.8) is 0 Å². The summed E-state index contributed by atoms with van der Waals surface area (Å²) in [5.41, 5.74) is 5.45. The van der Waals surface area contributed by atoms with E-state index in [1.165, 1.54) is 12.1 Å². The zero-order valence-electron chi connectivity index (χ0n) is 7.34. The van der Waals surface area contributed by atoms with Gasteiger partial charge in [0.2, 0.25) is 5.91 Å². The number of rotatable bonds is 2. The number of hydrogen-bond acceptors (Lipinski definition) is 1. The van der Waals surface area contributed by atoms with E-state index in [0.29, 0.717) is 12.0 Å². The number of primary amides is 1. The number of carbonyl (C=O) groups is 1. The lowest BCUT2D eigenvalue weighted by molar-refractivity contribution is -0.119. The van der Waals surface area contributed by atoms with Crippen molar-refractivity contribution in [1.29, 1.82) is 0 Å². The van der Waals surface area contributed by atoms with Crippen LogP contribution in [0.5, 0.6) is 0 Å². The van der Waals surface area contributed by atoms with Crippen LogP contribution in [0.4, 0.5) is 8.78 Å². The monoisotopic (exact) mass is 197 g/mol. The fourth-order valence-corrected chi connectivity index (χ4v) is 1.66. The van der Waals surface area contributed by atoms with Gasteiger partial charge in [-0.25, -0.2) is 8.78 Å². The van der Waals surface area contributed by atoms with Crippen LogP contribution in [0.3, 0.4) is 0 Å². The number of amides is 1. The van der Waals surface area contributed by atoms with Gasteiger partial charge in [0.05, 0.1) is 0 Å². The van der Waals surface area contributed by atoms with E-state index in [2.05, 4.69) is 0 Å². The standard InChI is InChI=1S/C10H9F2NO/c11-5-1-2-6(9(12)3-5)7-4-8(7)10(13)14/h1-3,7-8H,4H2,(H2,13,14)/t7-,8-/m1/s1. The minimum absolute atomic E-state index is 0.159. The molecule has 14 heavy (non-hydrogen) atoms. The highest BCUT2D eigenvalue weighted by molar-refractivity contribution is 5.81. The molecule has 0 heterocycles. The number of hydrogen-bond donors (Lipinski definition) is 1. The molecule has 0 saturated heterocycles. The van der Waals surface area contributed by atoms with Crippen LogP contribution >= 0.6 is 0 Å². The Balaban J connectivity index is 2.23. The van der Waals surface area contributed by atoms with Crippen molar-refractivity contribution in [1.82, 2.24) is 0 Å². The highest BCUT2D eigenvalue weighted by atomic mass is 19.1. The quantitative estimate of drug-likeness (QED) is 0.768. The Kier molecular flexibility index (Phi) is 1.98. The van der Waals surface area contributed by atoms with Crippen molar-refractivity contribution in [2.45, 2.75) is 12.3 Å². The van der Waals surface area contributed by atoms with Crippen LogP contribution < -0.4 is 5.73 Å². The Hall–Kier alpha value is -1.45. The van der Waals surface area contributed by atoms with Gasteiger partial charge in [-0.3, -0.25) is 4.79 Å². The van der Waals surface area contributed by atoms with Crippen molar-refractivity contribution < 1.29 is 13.6 Å². The highest BCUT2D eigenvalue weighted by Gasteiger charge is 2.43. The van der Waals surface area contributed by atoms with Gasteiger partial charge in [-0.05, 0) is 24.0 Å². The van der Waals surface area contributed by atoms with Gasteiger partial charge in [0.15, 0.2) is 0 Å². The minimum atomic E-state index is -0.609. The first-order chi connectivity index (χ1) is 6.59. The van der Waals surface area contributed by atoms with Crippen LogP contribution in [-0.4, -0.2) is 5.91 Å². The zero-order chi connectivity index (χ0) is 10.3. The molecule has 0 aliphatic heterocycles. The SMILES string of the molecule is NC(=O)[C@@H]1C[C@@H]1c1ccc(F)cc1F. The Bertz CT molecular complexity index is 392. The molecular formula is C10H9F2NO. The second kappa shape index (κ2) is 3.04. The Labute approximate surface area is 79.7 Å². The lowest BCUT2D eigenvalue weighted by Crippen LogP contribution is -2.13. The van der Waals surface area contributed by atoms with Crippen molar-refractivity contribution >= 4 is 5.91 Å². The maximum atomic E-state index is 13.2. The fourth-order valence-electron chi connectivity index (χ4n) is 1.66. The molecule has 2 rings (SSSR count). The minimum Gasteiger partial charge on any atom is -0.369 e. The van der Waals surface area contributed by atoms with Crippen LogP contribution in [0.2, 0.25) is 0 Å². The normalized spacial score (nSPS) is 24.7. The van der Waals surface area contributed by atoms with Crippen molar-refractivity contribution in [3.05, 3.63) is 35.4 Å². The molecule has 0 aromatic heterocycles. The van der Waals surface area contributed by atoms with E-state index in [9.17, 15) is 13.6 Å². The van der Waals surface area contributed by atoms with E-state index in [1.807, 2.05) is 0 Å². The van der Waals surface area contributed by atoms with Crippen molar-refractivity contribution in [2.75, 3.05) is 0 Å². The molecule has 4 heteroatoms. The molecule has 1 amide bonds. The first-order valence-corrected chi connectivity index (χ1v) is 4.34. The number of carbonyl (C=O) groups excluding carboxylic acids is 1. The van der Waals surface area contributed by atoms with Gasteiger partial charge in [-0.2, -0.15) is 0 Å². The first kappa shape index (κ1) is 9.12.